The lowest BCUT2D eigenvalue weighted by Crippen LogP contribution is -2.49. The maximum absolute atomic E-state index is 12.4. The van der Waals surface area contributed by atoms with Gasteiger partial charge in [0.15, 0.2) is 0 Å². The Hall–Kier alpha value is -3.20. The molecule has 0 aliphatic carbocycles. The van der Waals surface area contributed by atoms with Crippen molar-refractivity contribution in [1.82, 2.24) is 9.88 Å². The molecule has 0 spiro atoms. The summed E-state index contributed by atoms with van der Waals surface area (Å²) in [5.74, 6) is 1.49. The van der Waals surface area contributed by atoms with Crippen molar-refractivity contribution in [2.24, 2.45) is 0 Å². The number of furan rings is 1. The van der Waals surface area contributed by atoms with E-state index in [4.69, 9.17) is 9.15 Å². The monoisotopic (exact) mass is 450 g/mol. The van der Waals surface area contributed by atoms with Gasteiger partial charge >= 0.3 is 0 Å². The highest BCUT2D eigenvalue weighted by Gasteiger charge is 2.20. The van der Waals surface area contributed by atoms with Gasteiger partial charge in [-0.25, -0.2) is 4.98 Å². The first-order valence-electron chi connectivity index (χ1n) is 11.2. The summed E-state index contributed by atoms with van der Waals surface area (Å²) < 4.78 is 10.7. The molecule has 8 heteroatoms. The number of nitrogens with one attached hydrogen (secondary N) is 1. The van der Waals surface area contributed by atoms with Crippen molar-refractivity contribution in [1.29, 1.82) is 0 Å². The van der Waals surface area contributed by atoms with Gasteiger partial charge in [-0.1, -0.05) is 17.7 Å². The Morgan fingerprint density at radius 2 is 1.94 bits per heavy atom. The zero-order valence-electron chi connectivity index (χ0n) is 18.8. The number of aromatic nitrogens is 1. The number of hydrogen-bond donors (Lipinski definition) is 2. The quantitative estimate of drug-likeness (QED) is 0.518. The smallest absolute Gasteiger partial charge is 0.255 e. The van der Waals surface area contributed by atoms with Crippen molar-refractivity contribution in [3.05, 3.63) is 77.9 Å². The zero-order chi connectivity index (χ0) is 23.0. The van der Waals surface area contributed by atoms with Crippen LogP contribution in [0.1, 0.15) is 21.7 Å². The Balaban J connectivity index is 1.19. The van der Waals surface area contributed by atoms with E-state index in [1.54, 1.807) is 12.5 Å². The lowest BCUT2D eigenvalue weighted by atomic mass is 10.1. The van der Waals surface area contributed by atoms with E-state index in [9.17, 15) is 9.90 Å². The number of nitrogens with zero attached hydrogens (tertiary/aromatic N) is 3. The molecule has 1 saturated heterocycles. The van der Waals surface area contributed by atoms with E-state index in [2.05, 4.69) is 20.1 Å². The van der Waals surface area contributed by atoms with Gasteiger partial charge in [0.2, 0.25) is 0 Å². The molecule has 0 radical (unpaired) electrons. The molecule has 3 aromatic rings. The normalized spacial score (nSPS) is 15.4. The van der Waals surface area contributed by atoms with E-state index >= 15 is 0 Å². The van der Waals surface area contributed by atoms with Gasteiger partial charge in [0.25, 0.3) is 5.91 Å². The predicted octanol–water partition coefficient (Wildman–Crippen LogP) is 2.94. The van der Waals surface area contributed by atoms with Crippen LogP contribution < -0.4 is 10.2 Å². The van der Waals surface area contributed by atoms with Gasteiger partial charge in [-0.05, 0) is 43.3 Å². The lowest BCUT2D eigenvalue weighted by molar-refractivity contribution is 0.00440. The summed E-state index contributed by atoms with van der Waals surface area (Å²) in [4.78, 5) is 21.3. The number of rotatable bonds is 9. The minimum atomic E-state index is -0.541. The van der Waals surface area contributed by atoms with Crippen LogP contribution in [0.2, 0.25) is 0 Å². The summed E-state index contributed by atoms with van der Waals surface area (Å²) in [5.41, 5.74) is 2.40. The Morgan fingerprint density at radius 1 is 1.15 bits per heavy atom. The SMILES string of the molecule is Cc1ccc(C(=O)Nc2ccc(N3CCN(CC(O)COCc4ccco4)CC3)nc2)cc1. The molecular formula is C25H30N4O4. The van der Waals surface area contributed by atoms with E-state index in [1.807, 2.05) is 55.5 Å². The van der Waals surface area contributed by atoms with Crippen LogP contribution in [0.5, 0.6) is 0 Å². The van der Waals surface area contributed by atoms with Crippen LogP contribution in [0.3, 0.4) is 0 Å². The maximum Gasteiger partial charge on any atom is 0.255 e. The third-order valence-electron chi connectivity index (χ3n) is 5.62. The molecule has 1 unspecified atom stereocenters. The van der Waals surface area contributed by atoms with Gasteiger partial charge in [-0.15, -0.1) is 0 Å². The van der Waals surface area contributed by atoms with Crippen LogP contribution >= 0.6 is 0 Å². The number of β-amino-alcohol motifs (C(OH)–C–C–N with tert-alkyl or cyclic N) is 1. The van der Waals surface area contributed by atoms with Crippen LogP contribution in [0.15, 0.2) is 65.4 Å². The number of carbonyl (C=O) groups is 1. The summed E-state index contributed by atoms with van der Waals surface area (Å²) in [6, 6.07) is 14.9. The first kappa shape index (κ1) is 23.0. The molecular weight excluding hydrogens is 420 g/mol. The van der Waals surface area contributed by atoms with Crippen molar-refractivity contribution >= 4 is 17.4 Å². The summed E-state index contributed by atoms with van der Waals surface area (Å²) in [7, 11) is 0. The number of aryl methyl sites for hydroxylation is 1. The molecule has 0 bridgehead atoms. The fourth-order valence-corrected chi connectivity index (χ4v) is 3.76. The molecule has 1 aliphatic rings. The second-order valence-electron chi connectivity index (χ2n) is 8.26. The molecule has 1 aromatic carbocycles. The van der Waals surface area contributed by atoms with Crippen molar-refractivity contribution in [3.63, 3.8) is 0 Å². The third-order valence-corrected chi connectivity index (χ3v) is 5.62. The fourth-order valence-electron chi connectivity index (χ4n) is 3.76. The molecule has 1 aliphatic heterocycles. The van der Waals surface area contributed by atoms with Gasteiger partial charge in [0.05, 0.1) is 30.9 Å². The van der Waals surface area contributed by atoms with Gasteiger partial charge in [0, 0.05) is 38.3 Å². The van der Waals surface area contributed by atoms with Crippen LogP contribution in [-0.2, 0) is 11.3 Å². The largest absolute Gasteiger partial charge is 0.467 e. The van der Waals surface area contributed by atoms with Crippen molar-refractivity contribution < 1.29 is 19.1 Å². The van der Waals surface area contributed by atoms with E-state index in [-0.39, 0.29) is 12.5 Å². The second-order valence-corrected chi connectivity index (χ2v) is 8.26. The highest BCUT2D eigenvalue weighted by molar-refractivity contribution is 6.04. The number of amides is 1. The molecule has 8 nitrogen and oxygen atoms in total. The average molecular weight is 451 g/mol. The number of piperazine rings is 1. The first-order valence-corrected chi connectivity index (χ1v) is 11.2. The number of hydrogen-bond acceptors (Lipinski definition) is 7. The minimum absolute atomic E-state index is 0.148. The summed E-state index contributed by atoms with van der Waals surface area (Å²) in [6.45, 7) is 6.52. The van der Waals surface area contributed by atoms with E-state index in [0.29, 0.717) is 24.4 Å². The second kappa shape index (κ2) is 11.1. The van der Waals surface area contributed by atoms with Gasteiger partial charge in [-0.3, -0.25) is 9.69 Å². The highest BCUT2D eigenvalue weighted by atomic mass is 16.5. The van der Waals surface area contributed by atoms with Crippen LogP contribution in [-0.4, -0.2) is 66.3 Å². The Bertz CT molecular complexity index is 998. The predicted molar refractivity (Wildman–Crippen MR) is 126 cm³/mol. The van der Waals surface area contributed by atoms with Crippen LogP contribution in [0, 0.1) is 6.92 Å². The van der Waals surface area contributed by atoms with Gasteiger partial charge < -0.3 is 24.5 Å². The summed E-state index contributed by atoms with van der Waals surface area (Å²) in [5, 5.41) is 13.1. The topological polar surface area (TPSA) is 91.1 Å². The number of carbonyl (C=O) groups excluding carboxylic acids is 1. The number of benzene rings is 1. The number of ether oxygens (including phenoxy) is 1. The number of anilines is 2. The number of aliphatic hydroxyl groups excluding tert-OH is 1. The van der Waals surface area contributed by atoms with E-state index in [1.165, 1.54) is 0 Å². The van der Waals surface area contributed by atoms with Crippen LogP contribution in [0.25, 0.3) is 0 Å². The summed E-state index contributed by atoms with van der Waals surface area (Å²) >= 11 is 0. The molecule has 174 valence electrons. The third kappa shape index (κ3) is 6.64. The fraction of sp³-hybridized carbons (Fsp3) is 0.360. The molecule has 3 heterocycles. The van der Waals surface area contributed by atoms with Gasteiger partial charge in [0.1, 0.15) is 18.2 Å². The van der Waals surface area contributed by atoms with Gasteiger partial charge in [-0.2, -0.15) is 0 Å². The van der Waals surface area contributed by atoms with Crippen molar-refractivity contribution in [2.75, 3.05) is 49.5 Å². The maximum atomic E-state index is 12.4. The number of aliphatic hydroxyl groups is 1. The Kier molecular flexibility index (Phi) is 7.72. The minimum Gasteiger partial charge on any atom is -0.467 e. The molecule has 1 fully saturated rings. The molecule has 2 N–H and O–H groups in total. The Labute approximate surface area is 193 Å². The number of pyridine rings is 1. The molecule has 4 rings (SSSR count). The Morgan fingerprint density at radius 3 is 2.61 bits per heavy atom. The first-order chi connectivity index (χ1) is 16.1. The molecule has 1 amide bonds. The summed E-state index contributed by atoms with van der Waals surface area (Å²) in [6.07, 6.45) is 2.76. The van der Waals surface area contributed by atoms with Crippen molar-refractivity contribution in [2.45, 2.75) is 19.6 Å². The standard InChI is InChI=1S/C25H30N4O4/c1-19-4-6-20(7-5-19)25(31)27-21-8-9-24(26-15-21)29-12-10-28(11-13-29)16-22(30)17-32-18-23-3-2-14-33-23/h2-9,14-15,22,30H,10-13,16-18H2,1H3,(H,27,31). The molecule has 0 saturated carbocycles. The van der Waals surface area contributed by atoms with E-state index < -0.39 is 6.10 Å². The molecule has 2 aromatic heterocycles. The lowest BCUT2D eigenvalue weighted by Gasteiger charge is -2.36. The zero-order valence-corrected chi connectivity index (χ0v) is 18.8. The highest BCUT2D eigenvalue weighted by Crippen LogP contribution is 2.17. The van der Waals surface area contributed by atoms with Crippen molar-refractivity contribution in [3.8, 4) is 0 Å². The average Bonchev–Trinajstić information content (AvgIpc) is 3.34. The van der Waals surface area contributed by atoms with Crippen LogP contribution in [0.4, 0.5) is 11.5 Å². The molecule has 1 atom stereocenters. The molecule has 33 heavy (non-hydrogen) atoms. The van der Waals surface area contributed by atoms with E-state index in [0.717, 1.165) is 43.3 Å².